The first-order valence-corrected chi connectivity index (χ1v) is 5.43. The number of aryl methyl sites for hydroxylation is 1. The highest BCUT2D eigenvalue weighted by Crippen LogP contribution is 2.36. The van der Waals surface area contributed by atoms with Crippen molar-refractivity contribution in [2.24, 2.45) is 5.11 Å². The Morgan fingerprint density at radius 2 is 2.00 bits per heavy atom. The van der Waals surface area contributed by atoms with Crippen LogP contribution >= 0.6 is 0 Å². The lowest BCUT2D eigenvalue weighted by atomic mass is 10.0. The Hall–Kier alpha value is -2.63. The van der Waals surface area contributed by atoms with E-state index in [1.54, 1.807) is 19.1 Å². The van der Waals surface area contributed by atoms with Crippen LogP contribution in [0.3, 0.4) is 0 Å². The Morgan fingerprint density at radius 3 is 2.58 bits per heavy atom. The first kappa shape index (κ1) is 12.8. The minimum absolute atomic E-state index is 0.120. The maximum Gasteiger partial charge on any atom is 0.293 e. The highest BCUT2D eigenvalue weighted by Gasteiger charge is 2.17. The van der Waals surface area contributed by atoms with E-state index in [1.165, 1.54) is 24.3 Å². The van der Waals surface area contributed by atoms with Crippen LogP contribution in [0.1, 0.15) is 5.56 Å². The molecule has 0 spiro atoms. The number of benzene rings is 2. The van der Waals surface area contributed by atoms with Gasteiger partial charge in [0.25, 0.3) is 5.69 Å². The third kappa shape index (κ3) is 2.33. The summed E-state index contributed by atoms with van der Waals surface area (Å²) in [4.78, 5) is 10.3. The fourth-order valence-electron chi connectivity index (χ4n) is 1.88. The highest BCUT2D eigenvalue weighted by molar-refractivity contribution is 5.74. The largest absolute Gasteiger partial charge is 0.706 e. The van der Waals surface area contributed by atoms with Crippen LogP contribution in [0.5, 0.6) is 0 Å². The number of nitro benzene ring substituents is 1. The predicted molar refractivity (Wildman–Crippen MR) is 68.7 cm³/mol. The molecule has 0 saturated carbocycles. The van der Waals surface area contributed by atoms with Crippen molar-refractivity contribution >= 4 is 11.4 Å². The fourth-order valence-corrected chi connectivity index (χ4v) is 1.88. The summed E-state index contributed by atoms with van der Waals surface area (Å²) in [5, 5.41) is 13.9. The Morgan fingerprint density at radius 1 is 1.32 bits per heavy atom. The molecule has 2 rings (SSSR count). The van der Waals surface area contributed by atoms with Crippen LogP contribution in [0.25, 0.3) is 16.7 Å². The van der Waals surface area contributed by atoms with Crippen molar-refractivity contribution in [1.82, 2.24) is 0 Å². The highest BCUT2D eigenvalue weighted by atomic mass is 19.1. The van der Waals surface area contributed by atoms with Gasteiger partial charge in [-0.1, -0.05) is 18.2 Å². The molecule has 96 valence electrons. The quantitative estimate of drug-likeness (QED) is 0.465. The minimum Gasteiger partial charge on any atom is -0.706 e. The molecule has 0 aliphatic rings. The standard InChI is InChI=1S/C13H9FN3O2/c1-8-6-9(10-4-2-3-5-11(10)14)7-12(17(18)19)13(8)16-15/h2-7H,1H3/q-1. The maximum absolute atomic E-state index is 13.7. The van der Waals surface area contributed by atoms with Gasteiger partial charge < -0.3 is 10.6 Å². The van der Waals surface area contributed by atoms with Crippen molar-refractivity contribution in [3.63, 3.8) is 0 Å². The van der Waals surface area contributed by atoms with Crippen LogP contribution < -0.4 is 0 Å². The summed E-state index contributed by atoms with van der Waals surface area (Å²) in [6.07, 6.45) is 0. The molecule has 0 heterocycles. The second-order valence-corrected chi connectivity index (χ2v) is 4.00. The summed E-state index contributed by atoms with van der Waals surface area (Å²) >= 11 is 0. The zero-order valence-electron chi connectivity index (χ0n) is 10.0. The van der Waals surface area contributed by atoms with Gasteiger partial charge in [0.2, 0.25) is 0 Å². The van der Waals surface area contributed by atoms with Crippen molar-refractivity contribution in [1.29, 1.82) is 0 Å². The van der Waals surface area contributed by atoms with Gasteiger partial charge in [-0.25, -0.2) is 4.39 Å². The van der Waals surface area contributed by atoms with Crippen molar-refractivity contribution < 1.29 is 9.31 Å². The average Bonchev–Trinajstić information content (AvgIpc) is 2.38. The minimum atomic E-state index is -0.660. The van der Waals surface area contributed by atoms with Crippen LogP contribution in [-0.4, -0.2) is 4.92 Å². The molecular formula is C13H9FN3O2-. The van der Waals surface area contributed by atoms with Gasteiger partial charge in [-0.15, -0.1) is 0 Å². The molecule has 0 fully saturated rings. The SMILES string of the molecule is Cc1cc(-c2ccccc2F)cc([N+](=O)[O-])c1N=[N-]. The van der Waals surface area contributed by atoms with Gasteiger partial charge >= 0.3 is 0 Å². The molecule has 0 bridgehead atoms. The predicted octanol–water partition coefficient (Wildman–Crippen LogP) is 4.36. The smallest absolute Gasteiger partial charge is 0.293 e. The van der Waals surface area contributed by atoms with Gasteiger partial charge in [0.1, 0.15) is 11.5 Å². The number of nitrogens with zero attached hydrogens (tertiary/aromatic N) is 3. The van der Waals surface area contributed by atoms with Gasteiger partial charge in [0.05, 0.1) is 4.92 Å². The van der Waals surface area contributed by atoms with E-state index < -0.39 is 10.7 Å². The molecule has 0 amide bonds. The molecule has 0 N–H and O–H groups in total. The van der Waals surface area contributed by atoms with Gasteiger partial charge in [-0.3, -0.25) is 10.1 Å². The summed E-state index contributed by atoms with van der Waals surface area (Å²) in [7, 11) is 0. The van der Waals surface area contributed by atoms with Gasteiger partial charge in [-0.2, -0.15) is 0 Å². The molecule has 19 heavy (non-hydrogen) atoms. The molecule has 5 nitrogen and oxygen atoms in total. The summed E-state index contributed by atoms with van der Waals surface area (Å²) in [5.41, 5.74) is 9.36. The summed E-state index contributed by atoms with van der Waals surface area (Å²) in [6.45, 7) is 1.56. The normalized spacial score (nSPS) is 10.2. The van der Waals surface area contributed by atoms with Gasteiger partial charge in [0.15, 0.2) is 0 Å². The van der Waals surface area contributed by atoms with Crippen LogP contribution in [-0.2, 0) is 0 Å². The Bertz CT molecular complexity index is 671. The Kier molecular flexibility index (Phi) is 3.33. The van der Waals surface area contributed by atoms with E-state index in [-0.39, 0.29) is 16.9 Å². The molecule has 0 aromatic heterocycles. The van der Waals surface area contributed by atoms with Crippen molar-refractivity contribution in [3.05, 3.63) is 63.4 Å². The molecule has 0 aliphatic carbocycles. The average molecular weight is 258 g/mol. The second kappa shape index (κ2) is 4.93. The van der Waals surface area contributed by atoms with Gasteiger partial charge in [0, 0.05) is 11.6 Å². The zero-order valence-corrected chi connectivity index (χ0v) is 10.0. The molecule has 0 unspecified atom stereocenters. The molecule has 0 aliphatic heterocycles. The van der Waals surface area contributed by atoms with Gasteiger partial charge in [-0.05, 0) is 30.2 Å². The van der Waals surface area contributed by atoms with E-state index >= 15 is 0 Å². The van der Waals surface area contributed by atoms with E-state index in [9.17, 15) is 14.5 Å². The molecule has 0 saturated heterocycles. The second-order valence-electron chi connectivity index (χ2n) is 4.00. The lowest BCUT2D eigenvalue weighted by molar-refractivity contribution is -0.384. The monoisotopic (exact) mass is 258 g/mol. The molecule has 0 radical (unpaired) electrons. The van der Waals surface area contributed by atoms with Crippen molar-refractivity contribution in [2.75, 3.05) is 0 Å². The van der Waals surface area contributed by atoms with E-state index in [0.29, 0.717) is 11.1 Å². The number of halogens is 1. The third-order valence-electron chi connectivity index (χ3n) is 2.76. The van der Waals surface area contributed by atoms with Crippen LogP contribution in [0, 0.1) is 22.9 Å². The van der Waals surface area contributed by atoms with Crippen LogP contribution in [0.2, 0.25) is 0 Å². The van der Waals surface area contributed by atoms with Crippen molar-refractivity contribution in [3.8, 4) is 11.1 Å². The lowest BCUT2D eigenvalue weighted by Gasteiger charge is -2.09. The Balaban J connectivity index is 2.71. The van der Waals surface area contributed by atoms with E-state index in [0.717, 1.165) is 0 Å². The molecule has 2 aromatic rings. The zero-order chi connectivity index (χ0) is 14.0. The fraction of sp³-hybridized carbons (Fsp3) is 0.0769. The molecule has 6 heteroatoms. The van der Waals surface area contributed by atoms with Crippen LogP contribution in [0.4, 0.5) is 15.8 Å². The first-order chi connectivity index (χ1) is 9.04. The third-order valence-corrected chi connectivity index (χ3v) is 2.76. The number of hydrogen-bond donors (Lipinski definition) is 0. The number of rotatable bonds is 3. The van der Waals surface area contributed by atoms with E-state index in [4.69, 9.17) is 5.53 Å². The number of hydrogen-bond acceptors (Lipinski definition) is 3. The summed E-state index contributed by atoms with van der Waals surface area (Å²) in [6, 6.07) is 8.73. The molecule has 0 atom stereocenters. The number of nitro groups is 1. The maximum atomic E-state index is 13.7. The lowest BCUT2D eigenvalue weighted by Crippen LogP contribution is -1.93. The first-order valence-electron chi connectivity index (χ1n) is 5.43. The Labute approximate surface area is 108 Å². The summed E-state index contributed by atoms with van der Waals surface area (Å²) in [5.74, 6) is -0.468. The van der Waals surface area contributed by atoms with Crippen LogP contribution in [0.15, 0.2) is 41.5 Å². The van der Waals surface area contributed by atoms with E-state index in [2.05, 4.69) is 5.11 Å². The topological polar surface area (TPSA) is 77.8 Å². The summed E-state index contributed by atoms with van der Waals surface area (Å²) < 4.78 is 13.7. The molecular weight excluding hydrogens is 249 g/mol. The molecule has 2 aromatic carbocycles. The van der Waals surface area contributed by atoms with E-state index in [1.807, 2.05) is 0 Å². The van der Waals surface area contributed by atoms with Crippen molar-refractivity contribution in [2.45, 2.75) is 6.92 Å².